The number of nitrogen functional groups attached to an aromatic ring is 1. The molecule has 0 aliphatic carbocycles. The highest BCUT2D eigenvalue weighted by Gasteiger charge is 2.08. The van der Waals surface area contributed by atoms with E-state index in [0.29, 0.717) is 17.2 Å². The van der Waals surface area contributed by atoms with E-state index in [1.54, 1.807) is 43.2 Å². The average Bonchev–Trinajstić information content (AvgIpc) is 2.75. The smallest absolute Gasteiger partial charge is 0.254 e. The molecule has 0 atom stereocenters. The number of aromatic nitrogens is 3. The average molecular weight is 231 g/mol. The maximum absolute atomic E-state index is 11.6. The summed E-state index contributed by atoms with van der Waals surface area (Å²) in [5.41, 5.74) is 6.05. The molecular weight excluding hydrogens is 218 g/mol. The molecule has 6 heteroatoms. The molecule has 0 radical (unpaired) electrons. The number of carbonyl (C=O) groups is 1. The predicted octanol–water partition coefficient (Wildman–Crippen LogP) is 0.551. The van der Waals surface area contributed by atoms with Crippen molar-refractivity contribution in [2.24, 2.45) is 0 Å². The van der Waals surface area contributed by atoms with E-state index in [1.165, 1.54) is 11.1 Å². The van der Waals surface area contributed by atoms with Crippen molar-refractivity contribution in [2.45, 2.75) is 0 Å². The largest absolute Gasteiger partial charge is 0.382 e. The van der Waals surface area contributed by atoms with Gasteiger partial charge in [0.1, 0.15) is 5.82 Å². The van der Waals surface area contributed by atoms with Gasteiger partial charge >= 0.3 is 0 Å². The number of anilines is 1. The van der Waals surface area contributed by atoms with E-state index in [2.05, 4.69) is 10.1 Å². The molecular formula is C11H13N5O. The standard InChI is InChI=1S/C11H13N5O/c1-15(2)11(17)8-3-4-10(13-7-8)16-6-5-9(12)14-16/h3-7H,1-2H3,(H2,12,14). The number of nitrogens with two attached hydrogens (primary N) is 1. The minimum Gasteiger partial charge on any atom is -0.382 e. The maximum Gasteiger partial charge on any atom is 0.254 e. The predicted molar refractivity (Wildman–Crippen MR) is 63.8 cm³/mol. The van der Waals surface area contributed by atoms with Gasteiger partial charge in [-0.2, -0.15) is 0 Å². The van der Waals surface area contributed by atoms with E-state index in [0.717, 1.165) is 0 Å². The third-order valence-corrected chi connectivity index (χ3v) is 2.25. The summed E-state index contributed by atoms with van der Waals surface area (Å²) < 4.78 is 1.55. The van der Waals surface area contributed by atoms with Crippen LogP contribution in [0.25, 0.3) is 5.82 Å². The van der Waals surface area contributed by atoms with Crippen molar-refractivity contribution in [2.75, 3.05) is 19.8 Å². The van der Waals surface area contributed by atoms with Crippen LogP contribution in [0.4, 0.5) is 5.82 Å². The molecule has 1 amide bonds. The molecule has 2 aromatic heterocycles. The van der Waals surface area contributed by atoms with Crippen molar-refractivity contribution in [3.8, 4) is 5.82 Å². The lowest BCUT2D eigenvalue weighted by Gasteiger charge is -2.09. The first-order chi connectivity index (χ1) is 8.08. The van der Waals surface area contributed by atoms with Gasteiger partial charge in [-0.3, -0.25) is 4.79 Å². The number of nitrogens with zero attached hydrogens (tertiary/aromatic N) is 4. The highest BCUT2D eigenvalue weighted by atomic mass is 16.2. The number of carbonyl (C=O) groups excluding carboxylic acids is 1. The van der Waals surface area contributed by atoms with Gasteiger partial charge in [0.15, 0.2) is 5.82 Å². The van der Waals surface area contributed by atoms with E-state index in [4.69, 9.17) is 5.73 Å². The summed E-state index contributed by atoms with van der Waals surface area (Å²) in [6.45, 7) is 0. The summed E-state index contributed by atoms with van der Waals surface area (Å²) in [6, 6.07) is 5.12. The molecule has 2 rings (SSSR count). The summed E-state index contributed by atoms with van der Waals surface area (Å²) in [6.07, 6.45) is 3.24. The highest BCUT2D eigenvalue weighted by molar-refractivity contribution is 5.93. The molecule has 0 saturated heterocycles. The van der Waals surface area contributed by atoms with Crippen LogP contribution in [-0.4, -0.2) is 39.7 Å². The van der Waals surface area contributed by atoms with Crippen LogP contribution in [0.2, 0.25) is 0 Å². The fourth-order valence-corrected chi connectivity index (χ4v) is 1.37. The van der Waals surface area contributed by atoms with Crippen molar-refractivity contribution >= 4 is 11.7 Å². The molecule has 2 aromatic rings. The first-order valence-electron chi connectivity index (χ1n) is 5.07. The van der Waals surface area contributed by atoms with E-state index in [-0.39, 0.29) is 5.91 Å². The van der Waals surface area contributed by atoms with Gasteiger partial charge in [-0.05, 0) is 12.1 Å². The van der Waals surface area contributed by atoms with Crippen LogP contribution in [0.5, 0.6) is 0 Å². The molecule has 88 valence electrons. The molecule has 2 heterocycles. The Kier molecular flexibility index (Phi) is 2.78. The normalized spacial score (nSPS) is 10.2. The molecule has 0 bridgehead atoms. The lowest BCUT2D eigenvalue weighted by molar-refractivity contribution is 0.0827. The Morgan fingerprint density at radius 3 is 2.59 bits per heavy atom. The Labute approximate surface area is 98.7 Å². The van der Waals surface area contributed by atoms with Crippen LogP contribution in [-0.2, 0) is 0 Å². The number of hydrogen-bond acceptors (Lipinski definition) is 4. The first-order valence-corrected chi connectivity index (χ1v) is 5.07. The van der Waals surface area contributed by atoms with Crippen LogP contribution < -0.4 is 5.73 Å². The molecule has 17 heavy (non-hydrogen) atoms. The van der Waals surface area contributed by atoms with Crippen molar-refractivity contribution in [3.63, 3.8) is 0 Å². The maximum atomic E-state index is 11.6. The van der Waals surface area contributed by atoms with Gasteiger partial charge in [-0.1, -0.05) is 0 Å². The Morgan fingerprint density at radius 1 is 1.35 bits per heavy atom. The van der Waals surface area contributed by atoms with Crippen LogP contribution >= 0.6 is 0 Å². The Balaban J connectivity index is 2.27. The van der Waals surface area contributed by atoms with Crippen molar-refractivity contribution in [1.82, 2.24) is 19.7 Å². The first kappa shape index (κ1) is 11.1. The second-order valence-electron chi connectivity index (χ2n) is 3.79. The number of pyridine rings is 1. The number of rotatable bonds is 2. The Morgan fingerprint density at radius 2 is 2.12 bits per heavy atom. The molecule has 6 nitrogen and oxygen atoms in total. The van der Waals surface area contributed by atoms with Crippen molar-refractivity contribution in [3.05, 3.63) is 36.2 Å². The minimum atomic E-state index is -0.0796. The monoisotopic (exact) mass is 231 g/mol. The van der Waals surface area contributed by atoms with E-state index >= 15 is 0 Å². The van der Waals surface area contributed by atoms with E-state index < -0.39 is 0 Å². The molecule has 0 unspecified atom stereocenters. The molecule has 0 fully saturated rings. The molecule has 2 N–H and O–H groups in total. The summed E-state index contributed by atoms with van der Waals surface area (Å²) in [4.78, 5) is 17.3. The fraction of sp³-hybridized carbons (Fsp3) is 0.182. The van der Waals surface area contributed by atoms with Crippen LogP contribution in [0, 0.1) is 0 Å². The van der Waals surface area contributed by atoms with Gasteiger partial charge in [0, 0.05) is 32.6 Å². The lowest BCUT2D eigenvalue weighted by Crippen LogP contribution is -2.21. The number of amides is 1. The van der Waals surface area contributed by atoms with E-state index in [9.17, 15) is 4.79 Å². The fourth-order valence-electron chi connectivity index (χ4n) is 1.37. The molecule has 0 aromatic carbocycles. The van der Waals surface area contributed by atoms with Gasteiger partial charge < -0.3 is 10.6 Å². The minimum absolute atomic E-state index is 0.0796. The van der Waals surface area contributed by atoms with Crippen LogP contribution in [0.1, 0.15) is 10.4 Å². The lowest BCUT2D eigenvalue weighted by atomic mass is 10.2. The summed E-state index contributed by atoms with van der Waals surface area (Å²) in [7, 11) is 3.40. The van der Waals surface area contributed by atoms with Gasteiger partial charge in [0.25, 0.3) is 5.91 Å². The van der Waals surface area contributed by atoms with Crippen LogP contribution in [0.15, 0.2) is 30.6 Å². The van der Waals surface area contributed by atoms with Crippen molar-refractivity contribution < 1.29 is 4.79 Å². The van der Waals surface area contributed by atoms with Gasteiger partial charge in [0.05, 0.1) is 5.56 Å². The third kappa shape index (κ3) is 2.25. The molecule has 0 aliphatic rings. The van der Waals surface area contributed by atoms with Gasteiger partial charge in [-0.15, -0.1) is 5.10 Å². The Hall–Kier alpha value is -2.37. The number of hydrogen-bond donors (Lipinski definition) is 1. The quantitative estimate of drug-likeness (QED) is 0.818. The zero-order valence-electron chi connectivity index (χ0n) is 9.66. The second kappa shape index (κ2) is 4.25. The third-order valence-electron chi connectivity index (χ3n) is 2.25. The van der Waals surface area contributed by atoms with Gasteiger partial charge in [0.2, 0.25) is 0 Å². The second-order valence-corrected chi connectivity index (χ2v) is 3.79. The Bertz CT molecular complexity index is 529. The zero-order valence-corrected chi connectivity index (χ0v) is 9.66. The summed E-state index contributed by atoms with van der Waals surface area (Å²) in [5, 5.41) is 4.03. The van der Waals surface area contributed by atoms with Crippen LogP contribution in [0.3, 0.4) is 0 Å². The van der Waals surface area contributed by atoms with Crippen molar-refractivity contribution in [1.29, 1.82) is 0 Å². The zero-order chi connectivity index (χ0) is 12.4. The van der Waals surface area contributed by atoms with Gasteiger partial charge in [-0.25, -0.2) is 9.67 Å². The topological polar surface area (TPSA) is 77.0 Å². The molecule has 0 aliphatic heterocycles. The SMILES string of the molecule is CN(C)C(=O)c1ccc(-n2ccc(N)n2)nc1. The molecule has 0 saturated carbocycles. The summed E-state index contributed by atoms with van der Waals surface area (Å²) in [5.74, 6) is 0.973. The summed E-state index contributed by atoms with van der Waals surface area (Å²) >= 11 is 0. The highest BCUT2D eigenvalue weighted by Crippen LogP contribution is 2.08. The molecule has 0 spiro atoms. The van der Waals surface area contributed by atoms with E-state index in [1.807, 2.05) is 0 Å².